The Bertz CT molecular complexity index is 527. The van der Waals surface area contributed by atoms with Crippen LogP contribution in [-0.2, 0) is 17.8 Å². The molecule has 0 bridgehead atoms. The summed E-state index contributed by atoms with van der Waals surface area (Å²) in [4.78, 5) is 5.38. The highest BCUT2D eigenvalue weighted by Gasteiger charge is 2.06. The number of nitrogens with zero attached hydrogens (tertiary/aromatic N) is 1. The van der Waals surface area contributed by atoms with E-state index in [0.717, 1.165) is 12.1 Å². The minimum atomic E-state index is -0.383. The highest BCUT2D eigenvalue weighted by atomic mass is 32.1. The number of aromatic nitrogens is 1. The van der Waals surface area contributed by atoms with Crippen LogP contribution in [0, 0.1) is 12.7 Å². The number of thiazole rings is 1. The number of aryl methyl sites for hydroxylation is 1. The van der Waals surface area contributed by atoms with Crippen molar-refractivity contribution in [3.63, 3.8) is 0 Å². The van der Waals surface area contributed by atoms with Crippen LogP contribution in [0.1, 0.15) is 16.1 Å². The van der Waals surface area contributed by atoms with E-state index in [0.29, 0.717) is 12.2 Å². The van der Waals surface area contributed by atoms with Gasteiger partial charge >= 0.3 is 0 Å². The predicted octanol–water partition coefficient (Wildman–Crippen LogP) is 2.93. The van der Waals surface area contributed by atoms with Crippen molar-refractivity contribution in [2.24, 2.45) is 0 Å². The van der Waals surface area contributed by atoms with Gasteiger partial charge < -0.3 is 10.5 Å². The van der Waals surface area contributed by atoms with Crippen molar-refractivity contribution in [1.29, 1.82) is 0 Å². The summed E-state index contributed by atoms with van der Waals surface area (Å²) in [5, 5.41) is 0. The summed E-state index contributed by atoms with van der Waals surface area (Å²) >= 11 is 1.62. The molecule has 1 aromatic heterocycles. The van der Waals surface area contributed by atoms with E-state index >= 15 is 0 Å². The minimum absolute atomic E-state index is 0.161. The summed E-state index contributed by atoms with van der Waals surface area (Å²) in [7, 11) is 0. The third kappa shape index (κ3) is 3.05. The van der Waals surface area contributed by atoms with Crippen LogP contribution in [0.5, 0.6) is 0 Å². The Hall–Kier alpha value is -1.46. The van der Waals surface area contributed by atoms with Crippen molar-refractivity contribution in [1.82, 2.24) is 4.98 Å². The standard InChI is InChI=1S/C13H15FN2OS/c1-9-12(18-8-16-9)5-6-17-7-10-3-2-4-11(15)13(10)14/h2-4,8H,5-7,15H2,1H3. The molecule has 96 valence electrons. The van der Waals surface area contributed by atoms with Crippen LogP contribution in [0.4, 0.5) is 10.1 Å². The van der Waals surface area contributed by atoms with Gasteiger partial charge in [-0.2, -0.15) is 0 Å². The molecule has 0 fully saturated rings. The average molecular weight is 266 g/mol. The highest BCUT2D eigenvalue weighted by Crippen LogP contribution is 2.16. The van der Waals surface area contributed by atoms with Gasteiger partial charge in [-0.1, -0.05) is 12.1 Å². The number of anilines is 1. The first-order valence-corrected chi connectivity index (χ1v) is 6.56. The zero-order valence-corrected chi connectivity index (χ0v) is 11.0. The van der Waals surface area contributed by atoms with E-state index in [9.17, 15) is 4.39 Å². The lowest BCUT2D eigenvalue weighted by atomic mass is 10.2. The second-order valence-electron chi connectivity index (χ2n) is 3.98. The van der Waals surface area contributed by atoms with Gasteiger partial charge in [-0.3, -0.25) is 0 Å². The number of hydrogen-bond donors (Lipinski definition) is 1. The maximum absolute atomic E-state index is 13.6. The zero-order valence-electron chi connectivity index (χ0n) is 10.1. The van der Waals surface area contributed by atoms with E-state index in [1.807, 2.05) is 12.4 Å². The third-order valence-electron chi connectivity index (χ3n) is 2.68. The van der Waals surface area contributed by atoms with Gasteiger partial charge in [-0.25, -0.2) is 9.37 Å². The topological polar surface area (TPSA) is 48.1 Å². The molecule has 0 radical (unpaired) electrons. The number of nitrogens with two attached hydrogens (primary N) is 1. The Morgan fingerprint density at radius 3 is 3.00 bits per heavy atom. The molecule has 0 atom stereocenters. The number of halogens is 1. The number of nitrogen functional groups attached to an aromatic ring is 1. The maximum atomic E-state index is 13.6. The van der Waals surface area contributed by atoms with Crippen LogP contribution in [0.25, 0.3) is 0 Å². The molecule has 18 heavy (non-hydrogen) atoms. The van der Waals surface area contributed by atoms with Gasteiger partial charge in [-0.15, -0.1) is 11.3 Å². The van der Waals surface area contributed by atoms with Crippen molar-refractivity contribution in [2.75, 3.05) is 12.3 Å². The summed E-state index contributed by atoms with van der Waals surface area (Å²) < 4.78 is 19.0. The van der Waals surface area contributed by atoms with Gasteiger partial charge in [0.2, 0.25) is 0 Å². The monoisotopic (exact) mass is 266 g/mol. The minimum Gasteiger partial charge on any atom is -0.396 e. The molecule has 0 unspecified atom stereocenters. The summed E-state index contributed by atoms with van der Waals surface area (Å²) in [6.07, 6.45) is 0.806. The number of hydrogen-bond acceptors (Lipinski definition) is 4. The van der Waals surface area contributed by atoms with Crippen molar-refractivity contribution in [3.8, 4) is 0 Å². The fraction of sp³-hybridized carbons (Fsp3) is 0.308. The lowest BCUT2D eigenvalue weighted by molar-refractivity contribution is 0.122. The smallest absolute Gasteiger partial charge is 0.151 e. The molecule has 0 saturated carbocycles. The summed E-state index contributed by atoms with van der Waals surface area (Å²) in [5.74, 6) is -0.383. The summed E-state index contributed by atoms with van der Waals surface area (Å²) in [6.45, 7) is 2.77. The quantitative estimate of drug-likeness (QED) is 0.668. The fourth-order valence-electron chi connectivity index (χ4n) is 1.62. The summed E-state index contributed by atoms with van der Waals surface area (Å²) in [6, 6.07) is 4.95. The molecule has 0 aliphatic carbocycles. The maximum Gasteiger partial charge on any atom is 0.151 e. The van der Waals surface area contributed by atoms with Crippen LogP contribution in [0.15, 0.2) is 23.7 Å². The second-order valence-corrected chi connectivity index (χ2v) is 4.92. The van der Waals surface area contributed by atoms with Crippen LogP contribution < -0.4 is 5.73 Å². The Kier molecular flexibility index (Phi) is 4.28. The first kappa shape index (κ1) is 13.0. The average Bonchev–Trinajstić information content (AvgIpc) is 2.76. The van der Waals surface area contributed by atoms with E-state index in [2.05, 4.69) is 4.98 Å². The third-order valence-corrected chi connectivity index (χ3v) is 3.68. The molecular formula is C13H15FN2OS. The normalized spacial score (nSPS) is 10.8. The van der Waals surface area contributed by atoms with Crippen LogP contribution in [0.2, 0.25) is 0 Å². The highest BCUT2D eigenvalue weighted by molar-refractivity contribution is 7.09. The van der Waals surface area contributed by atoms with Crippen LogP contribution >= 0.6 is 11.3 Å². The molecule has 2 N–H and O–H groups in total. The molecule has 0 saturated heterocycles. The first-order chi connectivity index (χ1) is 8.68. The Balaban J connectivity index is 1.82. The van der Waals surface area contributed by atoms with E-state index in [1.165, 1.54) is 4.88 Å². The molecule has 2 aromatic rings. The largest absolute Gasteiger partial charge is 0.396 e. The van der Waals surface area contributed by atoms with E-state index in [1.54, 1.807) is 29.5 Å². The van der Waals surface area contributed by atoms with E-state index < -0.39 is 0 Å². The molecule has 1 heterocycles. The summed E-state index contributed by atoms with van der Waals surface area (Å²) in [5.41, 5.74) is 9.00. The molecular weight excluding hydrogens is 251 g/mol. The van der Waals surface area contributed by atoms with Gasteiger partial charge in [0.15, 0.2) is 5.82 Å². The zero-order chi connectivity index (χ0) is 13.0. The van der Waals surface area contributed by atoms with Gasteiger partial charge in [-0.05, 0) is 13.0 Å². The molecule has 0 spiro atoms. The van der Waals surface area contributed by atoms with Crippen molar-refractivity contribution in [3.05, 3.63) is 45.7 Å². The SMILES string of the molecule is Cc1ncsc1CCOCc1cccc(N)c1F. The van der Waals surface area contributed by atoms with E-state index in [4.69, 9.17) is 10.5 Å². The van der Waals surface area contributed by atoms with Gasteiger partial charge in [0.1, 0.15) is 0 Å². The number of benzene rings is 1. The molecule has 1 aromatic carbocycles. The number of rotatable bonds is 5. The molecule has 5 heteroatoms. The Labute approximate surface area is 109 Å². The predicted molar refractivity (Wildman–Crippen MR) is 71.0 cm³/mol. The van der Waals surface area contributed by atoms with Gasteiger partial charge in [0.25, 0.3) is 0 Å². The van der Waals surface area contributed by atoms with Crippen molar-refractivity contribution >= 4 is 17.0 Å². The molecule has 0 aliphatic heterocycles. The Morgan fingerprint density at radius 1 is 1.44 bits per heavy atom. The van der Waals surface area contributed by atoms with E-state index in [-0.39, 0.29) is 18.1 Å². The molecule has 0 aliphatic rings. The van der Waals surface area contributed by atoms with Gasteiger partial charge in [0.05, 0.1) is 30.1 Å². The van der Waals surface area contributed by atoms with Crippen LogP contribution in [0.3, 0.4) is 0 Å². The fourth-order valence-corrected chi connectivity index (χ4v) is 2.39. The number of ether oxygens (including phenoxy) is 1. The lowest BCUT2D eigenvalue weighted by Crippen LogP contribution is -2.02. The van der Waals surface area contributed by atoms with Crippen LogP contribution in [-0.4, -0.2) is 11.6 Å². The molecule has 3 nitrogen and oxygen atoms in total. The second kappa shape index (κ2) is 5.93. The van der Waals surface area contributed by atoms with Gasteiger partial charge in [0, 0.05) is 16.9 Å². The Morgan fingerprint density at radius 2 is 2.28 bits per heavy atom. The molecule has 0 amide bonds. The lowest BCUT2D eigenvalue weighted by Gasteiger charge is -2.06. The van der Waals surface area contributed by atoms with Crippen molar-refractivity contribution < 1.29 is 9.13 Å². The molecule has 2 rings (SSSR count). The first-order valence-electron chi connectivity index (χ1n) is 5.68. The van der Waals surface area contributed by atoms with Crippen molar-refractivity contribution in [2.45, 2.75) is 20.0 Å².